The van der Waals surface area contributed by atoms with Crippen molar-refractivity contribution in [3.05, 3.63) is 0 Å². The second-order valence-corrected chi connectivity index (χ2v) is 7.59. The summed E-state index contributed by atoms with van der Waals surface area (Å²) in [6.45, 7) is 2.29. The van der Waals surface area contributed by atoms with Crippen LogP contribution in [0.1, 0.15) is 51.4 Å². The molecule has 3 rings (SSSR count). The van der Waals surface area contributed by atoms with Crippen molar-refractivity contribution in [2.45, 2.75) is 68.6 Å². The average Bonchev–Trinajstić information content (AvgIpc) is 2.95. The average molecular weight is 297 g/mol. The van der Waals surface area contributed by atoms with E-state index < -0.39 is 0 Å². The van der Waals surface area contributed by atoms with Crippen LogP contribution in [0, 0.1) is 5.92 Å². The van der Waals surface area contributed by atoms with Crippen molar-refractivity contribution >= 4 is 0 Å². The van der Waals surface area contributed by atoms with Gasteiger partial charge in [0.2, 0.25) is 0 Å². The van der Waals surface area contributed by atoms with Gasteiger partial charge in [0, 0.05) is 25.2 Å². The highest BCUT2D eigenvalue weighted by Crippen LogP contribution is 2.44. The van der Waals surface area contributed by atoms with E-state index in [1.54, 1.807) is 0 Å². The maximum Gasteiger partial charge on any atom is 0.0940 e. The molecule has 0 amide bonds. The van der Waals surface area contributed by atoms with Crippen LogP contribution in [0.3, 0.4) is 0 Å². The van der Waals surface area contributed by atoms with Gasteiger partial charge in [0.1, 0.15) is 0 Å². The van der Waals surface area contributed by atoms with E-state index in [1.807, 2.05) is 0 Å². The summed E-state index contributed by atoms with van der Waals surface area (Å²) in [5.41, 5.74) is -0.132. The monoisotopic (exact) mass is 297 g/mol. The number of likely N-dealkylation sites (N-methyl/N-ethyl adjacent to an activating group) is 1. The third kappa shape index (κ3) is 2.88. The maximum absolute atomic E-state index is 11.2. The van der Waals surface area contributed by atoms with Crippen molar-refractivity contribution in [2.75, 3.05) is 33.9 Å². The van der Waals surface area contributed by atoms with Gasteiger partial charge < -0.3 is 19.5 Å². The van der Waals surface area contributed by atoms with E-state index in [2.05, 4.69) is 19.0 Å². The Morgan fingerprint density at radius 3 is 2.48 bits per heavy atom. The molecular weight excluding hydrogens is 266 g/mol. The highest BCUT2D eigenvalue weighted by molar-refractivity contribution is 5.02. The smallest absolute Gasteiger partial charge is 0.0940 e. The van der Waals surface area contributed by atoms with Crippen molar-refractivity contribution < 1.29 is 14.6 Å². The fraction of sp³-hybridized carbons (Fsp3) is 1.00. The quantitative estimate of drug-likeness (QED) is 0.867. The van der Waals surface area contributed by atoms with Crippen LogP contribution in [0.2, 0.25) is 0 Å². The Morgan fingerprint density at radius 1 is 1.10 bits per heavy atom. The first-order valence-corrected chi connectivity index (χ1v) is 8.65. The molecule has 2 heterocycles. The molecule has 1 saturated carbocycles. The molecule has 122 valence electrons. The van der Waals surface area contributed by atoms with Crippen molar-refractivity contribution in [2.24, 2.45) is 5.92 Å². The molecule has 0 aromatic carbocycles. The summed E-state index contributed by atoms with van der Waals surface area (Å²) in [7, 11) is 4.28. The van der Waals surface area contributed by atoms with Gasteiger partial charge in [-0.1, -0.05) is 19.3 Å². The second kappa shape index (κ2) is 6.15. The molecule has 1 aliphatic carbocycles. The van der Waals surface area contributed by atoms with Crippen molar-refractivity contribution in [1.29, 1.82) is 0 Å². The predicted molar refractivity (Wildman–Crippen MR) is 82.4 cm³/mol. The molecule has 3 fully saturated rings. The molecule has 0 aromatic rings. The van der Waals surface area contributed by atoms with E-state index in [9.17, 15) is 5.11 Å². The van der Waals surface area contributed by atoms with Gasteiger partial charge in [-0.2, -0.15) is 0 Å². The summed E-state index contributed by atoms with van der Waals surface area (Å²) in [6, 6.07) is 0. The maximum atomic E-state index is 11.2. The molecule has 1 spiro atoms. The topological polar surface area (TPSA) is 41.9 Å². The van der Waals surface area contributed by atoms with Crippen LogP contribution in [0.4, 0.5) is 0 Å². The minimum absolute atomic E-state index is 0.0269. The number of nitrogens with zero attached hydrogens (tertiary/aromatic N) is 1. The summed E-state index contributed by atoms with van der Waals surface area (Å²) < 4.78 is 11.6. The van der Waals surface area contributed by atoms with Crippen LogP contribution in [0.15, 0.2) is 0 Å². The Hall–Kier alpha value is -0.160. The lowest BCUT2D eigenvalue weighted by Gasteiger charge is -2.51. The highest BCUT2D eigenvalue weighted by Gasteiger charge is 2.49. The van der Waals surface area contributed by atoms with Crippen LogP contribution in [-0.2, 0) is 9.47 Å². The number of aliphatic hydroxyl groups excluding tert-OH is 1. The predicted octanol–water partition coefficient (Wildman–Crippen LogP) is 2.20. The second-order valence-electron chi connectivity index (χ2n) is 7.59. The van der Waals surface area contributed by atoms with Gasteiger partial charge in [-0.3, -0.25) is 0 Å². The number of hydrogen-bond donors (Lipinski definition) is 1. The molecule has 0 radical (unpaired) electrons. The van der Waals surface area contributed by atoms with Gasteiger partial charge in [0.25, 0.3) is 0 Å². The van der Waals surface area contributed by atoms with Crippen LogP contribution in [0.25, 0.3) is 0 Å². The largest absolute Gasteiger partial charge is 0.391 e. The first kappa shape index (κ1) is 15.7. The lowest BCUT2D eigenvalue weighted by atomic mass is 9.69. The first-order valence-electron chi connectivity index (χ1n) is 8.65. The number of rotatable bonds is 3. The fourth-order valence-corrected chi connectivity index (χ4v) is 4.81. The zero-order valence-electron chi connectivity index (χ0n) is 13.6. The Morgan fingerprint density at radius 2 is 1.86 bits per heavy atom. The van der Waals surface area contributed by atoms with Crippen molar-refractivity contribution in [3.8, 4) is 0 Å². The van der Waals surface area contributed by atoms with E-state index in [-0.39, 0.29) is 17.2 Å². The van der Waals surface area contributed by atoms with E-state index in [0.29, 0.717) is 12.5 Å². The Bertz CT molecular complexity index is 346. The highest BCUT2D eigenvalue weighted by atomic mass is 16.6. The third-order valence-corrected chi connectivity index (χ3v) is 6.21. The third-order valence-electron chi connectivity index (χ3n) is 6.21. The molecule has 2 aliphatic heterocycles. The van der Waals surface area contributed by atoms with E-state index in [4.69, 9.17) is 9.47 Å². The zero-order valence-corrected chi connectivity index (χ0v) is 13.6. The lowest BCUT2D eigenvalue weighted by Crippen LogP contribution is -2.59. The van der Waals surface area contributed by atoms with E-state index in [1.165, 1.54) is 19.3 Å². The molecular formula is C17H31NO3. The zero-order chi connectivity index (χ0) is 14.9. The van der Waals surface area contributed by atoms with Gasteiger partial charge in [0.15, 0.2) is 0 Å². The lowest BCUT2D eigenvalue weighted by molar-refractivity contribution is -0.143. The Labute approximate surface area is 128 Å². The molecule has 3 aliphatic rings. The van der Waals surface area contributed by atoms with E-state index in [0.717, 1.165) is 45.3 Å². The summed E-state index contributed by atoms with van der Waals surface area (Å²) >= 11 is 0. The molecule has 4 nitrogen and oxygen atoms in total. The number of hydrogen-bond acceptors (Lipinski definition) is 4. The molecule has 0 aromatic heterocycles. The fourth-order valence-electron chi connectivity index (χ4n) is 4.81. The molecule has 1 N–H and O–H groups in total. The van der Waals surface area contributed by atoms with Crippen LogP contribution in [0.5, 0.6) is 0 Å². The normalized spacial score (nSPS) is 38.0. The standard InChI is InChI=1S/C17H31NO3/c1-18(2)17(7-4-3-5-8-17)15(19)14-6-10-21-16(12-14)9-11-20-13-16/h14-15,19H,3-13H2,1-2H3. The Balaban J connectivity index is 1.74. The van der Waals surface area contributed by atoms with Gasteiger partial charge in [-0.05, 0) is 45.7 Å². The van der Waals surface area contributed by atoms with Crippen LogP contribution < -0.4 is 0 Å². The Kier molecular flexibility index (Phi) is 4.60. The van der Waals surface area contributed by atoms with Crippen molar-refractivity contribution in [1.82, 2.24) is 4.90 Å². The summed E-state index contributed by atoms with van der Waals surface area (Å²) in [6.07, 6.45) is 8.75. The molecule has 3 atom stereocenters. The van der Waals surface area contributed by atoms with Gasteiger partial charge >= 0.3 is 0 Å². The summed E-state index contributed by atoms with van der Waals surface area (Å²) in [5.74, 6) is 0.348. The van der Waals surface area contributed by atoms with E-state index >= 15 is 0 Å². The first-order chi connectivity index (χ1) is 10.1. The summed E-state index contributed by atoms with van der Waals surface area (Å²) in [4.78, 5) is 2.30. The SMILES string of the molecule is CN(C)C1(C(O)C2CCOC3(CCOC3)C2)CCCCC1. The number of ether oxygens (including phenoxy) is 2. The molecule has 2 saturated heterocycles. The molecule has 4 heteroatoms. The molecule has 0 bridgehead atoms. The number of aliphatic hydroxyl groups is 1. The molecule has 21 heavy (non-hydrogen) atoms. The van der Waals surface area contributed by atoms with Gasteiger partial charge in [-0.25, -0.2) is 0 Å². The van der Waals surface area contributed by atoms with Gasteiger partial charge in [-0.15, -0.1) is 0 Å². The van der Waals surface area contributed by atoms with Crippen LogP contribution >= 0.6 is 0 Å². The summed E-state index contributed by atoms with van der Waals surface area (Å²) in [5, 5.41) is 11.2. The minimum atomic E-state index is -0.242. The minimum Gasteiger partial charge on any atom is -0.391 e. The van der Waals surface area contributed by atoms with Crippen LogP contribution in [-0.4, -0.2) is 61.2 Å². The van der Waals surface area contributed by atoms with Crippen molar-refractivity contribution in [3.63, 3.8) is 0 Å². The van der Waals surface area contributed by atoms with Gasteiger partial charge in [0.05, 0.1) is 18.3 Å². The molecule has 3 unspecified atom stereocenters.